The zero-order valence-corrected chi connectivity index (χ0v) is 20.5. The molecule has 0 radical (unpaired) electrons. The number of amides is 4. The number of likely N-dealkylation sites (N-methyl/N-ethyl adjacent to an activating group) is 1. The Hall–Kier alpha value is -1.68. The maximum atomic E-state index is 11.9. The van der Waals surface area contributed by atoms with Gasteiger partial charge < -0.3 is 35.2 Å². The van der Waals surface area contributed by atoms with Crippen LogP contribution in [0, 0.1) is 0 Å². The highest BCUT2D eigenvalue weighted by atomic mass is 31.2. The van der Waals surface area contributed by atoms with E-state index in [1.54, 1.807) is 0 Å². The van der Waals surface area contributed by atoms with Crippen LogP contribution in [-0.2, 0) is 23.2 Å². The van der Waals surface area contributed by atoms with E-state index < -0.39 is 25.8 Å². The van der Waals surface area contributed by atoms with Crippen molar-refractivity contribution >= 4 is 25.7 Å². The Labute approximate surface area is 191 Å². The normalized spacial score (nSPS) is 13.6. The first-order chi connectivity index (χ1) is 15.3. The Balaban J connectivity index is 3.61. The van der Waals surface area contributed by atoms with Crippen molar-refractivity contribution in [3.63, 3.8) is 0 Å². The molecule has 0 spiro atoms. The average molecular weight is 480 g/mol. The molecule has 0 heterocycles. The largest absolute Gasteiger partial charge is 0.756 e. The lowest BCUT2D eigenvalue weighted by molar-refractivity contribution is -0.223. The molecule has 0 aromatic heterocycles. The Bertz CT molecular complexity index is 592. The molecule has 0 rings (SSSR count). The summed E-state index contributed by atoms with van der Waals surface area (Å²) in [6, 6.07) is -1.38. The smallest absolute Gasteiger partial charge is 0.315 e. The van der Waals surface area contributed by atoms with Gasteiger partial charge in [-0.05, 0) is 12.8 Å². The third kappa shape index (κ3) is 16.9. The van der Waals surface area contributed by atoms with E-state index in [4.69, 9.17) is 0 Å². The fourth-order valence-corrected chi connectivity index (χ4v) is 3.41. The molecular weight excluding hydrogens is 439 g/mol. The molecule has 2 unspecified atom stereocenters. The van der Waals surface area contributed by atoms with Crippen LogP contribution in [0.4, 0.5) is 4.79 Å². The van der Waals surface area contributed by atoms with Gasteiger partial charge in [-0.25, -0.2) is 4.79 Å². The molecule has 0 bridgehead atoms. The van der Waals surface area contributed by atoms with E-state index in [1.165, 1.54) is 14.1 Å². The molecule has 2 atom stereocenters. The van der Waals surface area contributed by atoms with Crippen LogP contribution in [0.1, 0.15) is 70.6 Å². The van der Waals surface area contributed by atoms with Crippen LogP contribution in [0.3, 0.4) is 0 Å². The van der Waals surface area contributed by atoms with Crippen molar-refractivity contribution in [1.29, 1.82) is 0 Å². The van der Waals surface area contributed by atoms with Gasteiger partial charge in [0, 0.05) is 27.7 Å². The summed E-state index contributed by atoms with van der Waals surface area (Å²) in [4.78, 5) is 46.2. The summed E-state index contributed by atoms with van der Waals surface area (Å²) >= 11 is 0. The molecule has 0 saturated carbocycles. The molecule has 4 amide bonds. The van der Waals surface area contributed by atoms with Crippen molar-refractivity contribution < 1.29 is 32.9 Å². The molecule has 12 heteroatoms. The molecule has 0 aromatic rings. The molecule has 0 aliphatic rings. The Morgan fingerprint density at radius 2 is 1.41 bits per heavy atom. The topological polar surface area (TPSA) is 158 Å². The molecule has 11 nitrogen and oxygen atoms in total. The van der Waals surface area contributed by atoms with Crippen LogP contribution in [0.2, 0.25) is 0 Å². The van der Waals surface area contributed by atoms with Crippen molar-refractivity contribution in [3.8, 4) is 0 Å². The summed E-state index contributed by atoms with van der Waals surface area (Å²) in [6.45, 7) is 0.676. The molecule has 0 saturated heterocycles. The summed E-state index contributed by atoms with van der Waals surface area (Å²) in [5.74, 6) is -0.748. The highest BCUT2D eigenvalue weighted by molar-refractivity contribution is 7.45. The second-order valence-electron chi connectivity index (χ2n) is 7.44. The van der Waals surface area contributed by atoms with Gasteiger partial charge in [0.15, 0.2) is 0 Å². The van der Waals surface area contributed by atoms with Gasteiger partial charge >= 0.3 is 6.03 Å². The molecule has 0 fully saturated rings. The van der Waals surface area contributed by atoms with Crippen molar-refractivity contribution in [2.45, 2.75) is 76.7 Å². The fraction of sp³-hybridized carbons (Fsp3) is 0.850. The lowest BCUT2D eigenvalue weighted by Gasteiger charge is -2.19. The predicted octanol–water partition coefficient (Wildman–Crippen LogP) is 1.57. The summed E-state index contributed by atoms with van der Waals surface area (Å²) < 4.78 is 19.9. The number of urea groups is 1. The van der Waals surface area contributed by atoms with Crippen LogP contribution in [0.25, 0.3) is 0 Å². The number of rotatable bonds is 19. The number of phosphoric acid groups is 1. The Kier molecular flexibility index (Phi) is 17.9. The first-order valence-corrected chi connectivity index (χ1v) is 12.7. The minimum absolute atomic E-state index is 0.118. The van der Waals surface area contributed by atoms with Crippen molar-refractivity contribution in [3.05, 3.63) is 0 Å². The molecule has 4 N–H and O–H groups in total. The zero-order chi connectivity index (χ0) is 24.2. The van der Waals surface area contributed by atoms with Crippen molar-refractivity contribution in [2.24, 2.45) is 0 Å². The Morgan fingerprint density at radius 3 is 1.91 bits per heavy atom. The quantitative estimate of drug-likeness (QED) is 0.162. The van der Waals surface area contributed by atoms with Gasteiger partial charge in [0.1, 0.15) is 6.04 Å². The third-order valence-corrected chi connectivity index (χ3v) is 5.81. The Morgan fingerprint density at radius 1 is 0.875 bits per heavy atom. The number of nitrogens with one attached hydrogen (secondary N) is 4. The summed E-state index contributed by atoms with van der Waals surface area (Å²) in [5, 5.41) is 10.1. The highest BCUT2D eigenvalue weighted by Crippen LogP contribution is 2.36. The standard InChI is InChI=1S/C20H41N4O7P/c1-21-18(25)16-17(19(26)22-2)24-20(27)23-14-12-10-8-6-4-5-7-9-11-13-15-31-32(28,29)30-3/h17H,4-16H2,1-3H3,(H,21,25)(H,22,26)(H,28,29)(H2,23,24,27)/p-1. The number of phosphoric ester groups is 1. The molecule has 0 aromatic carbocycles. The monoisotopic (exact) mass is 479 g/mol. The summed E-state index contributed by atoms with van der Waals surface area (Å²) in [5.41, 5.74) is 0. The van der Waals surface area contributed by atoms with E-state index in [2.05, 4.69) is 30.3 Å². The minimum atomic E-state index is -4.09. The molecule has 188 valence electrons. The predicted molar refractivity (Wildman–Crippen MR) is 120 cm³/mol. The van der Waals surface area contributed by atoms with Gasteiger partial charge in [-0.1, -0.05) is 51.4 Å². The van der Waals surface area contributed by atoms with Gasteiger partial charge in [0.2, 0.25) is 11.8 Å². The molecular formula is C20H40N4O7P-. The first-order valence-electron chi connectivity index (χ1n) is 11.2. The minimum Gasteiger partial charge on any atom is -0.756 e. The third-order valence-electron chi connectivity index (χ3n) is 4.87. The maximum Gasteiger partial charge on any atom is 0.315 e. The summed E-state index contributed by atoms with van der Waals surface area (Å²) in [7, 11) is -0.0767. The lowest BCUT2D eigenvalue weighted by Crippen LogP contribution is -2.51. The van der Waals surface area contributed by atoms with E-state index in [9.17, 15) is 23.8 Å². The molecule has 0 aliphatic carbocycles. The van der Waals surface area contributed by atoms with Crippen LogP contribution < -0.4 is 26.2 Å². The molecule has 32 heavy (non-hydrogen) atoms. The van der Waals surface area contributed by atoms with Gasteiger partial charge in [0.25, 0.3) is 7.82 Å². The van der Waals surface area contributed by atoms with Crippen molar-refractivity contribution in [2.75, 3.05) is 34.4 Å². The van der Waals surface area contributed by atoms with Gasteiger partial charge in [-0.15, -0.1) is 0 Å². The van der Waals surface area contributed by atoms with Crippen molar-refractivity contribution in [1.82, 2.24) is 21.3 Å². The lowest BCUT2D eigenvalue weighted by atomic mass is 10.1. The maximum absolute atomic E-state index is 11.9. The fourth-order valence-electron chi connectivity index (χ4n) is 2.95. The van der Waals surface area contributed by atoms with Crippen LogP contribution in [0.15, 0.2) is 0 Å². The number of unbranched alkanes of at least 4 members (excludes halogenated alkanes) is 9. The summed E-state index contributed by atoms with van der Waals surface area (Å²) in [6.07, 6.45) is 10.0. The van der Waals surface area contributed by atoms with Gasteiger partial charge in [0.05, 0.1) is 13.0 Å². The van der Waals surface area contributed by atoms with Gasteiger partial charge in [-0.3, -0.25) is 14.2 Å². The van der Waals surface area contributed by atoms with E-state index in [-0.39, 0.29) is 18.9 Å². The van der Waals surface area contributed by atoms with Crippen LogP contribution >= 0.6 is 7.82 Å². The molecule has 0 aliphatic heterocycles. The van der Waals surface area contributed by atoms with Crippen LogP contribution in [0.5, 0.6) is 0 Å². The highest BCUT2D eigenvalue weighted by Gasteiger charge is 2.22. The van der Waals surface area contributed by atoms with E-state index >= 15 is 0 Å². The van der Waals surface area contributed by atoms with E-state index in [0.29, 0.717) is 13.0 Å². The average Bonchev–Trinajstić information content (AvgIpc) is 2.77. The SMILES string of the molecule is CNC(=O)CC(NC(=O)NCCCCCCCCCCCCOP(=O)([O-])OC)C(=O)NC. The second-order valence-corrected chi connectivity index (χ2v) is 8.96. The van der Waals surface area contributed by atoms with Crippen LogP contribution in [-0.4, -0.2) is 58.2 Å². The van der Waals surface area contributed by atoms with E-state index in [1.807, 2.05) is 0 Å². The zero-order valence-electron chi connectivity index (χ0n) is 19.6. The number of carbonyl (C=O) groups excluding carboxylic acids is 3. The second kappa shape index (κ2) is 18.8. The number of carbonyl (C=O) groups is 3. The van der Waals surface area contributed by atoms with E-state index in [0.717, 1.165) is 64.9 Å². The number of hydrogen-bond donors (Lipinski definition) is 4. The first kappa shape index (κ1) is 30.3. The number of hydrogen-bond acceptors (Lipinski definition) is 7. The van der Waals surface area contributed by atoms with Gasteiger partial charge in [-0.2, -0.15) is 0 Å².